The third-order valence-corrected chi connectivity index (χ3v) is 9.55. The summed E-state index contributed by atoms with van der Waals surface area (Å²) in [6.45, 7) is 0. The highest BCUT2D eigenvalue weighted by atomic mass is 32.2. The first-order valence-corrected chi connectivity index (χ1v) is 16.1. The average Bonchev–Trinajstić information content (AvgIpc) is 3.60. The largest absolute Gasteiger partial charge is 0.508 e. The summed E-state index contributed by atoms with van der Waals surface area (Å²) >= 11 is 0. The second kappa shape index (κ2) is 13.7. The molecular formula is C33H37NO9S. The molecule has 3 aromatic carbocycles. The molecule has 234 valence electrons. The summed E-state index contributed by atoms with van der Waals surface area (Å²) in [5, 5.41) is 31.2. The third kappa shape index (κ3) is 7.35. The minimum atomic E-state index is -4.09. The van der Waals surface area contributed by atoms with Gasteiger partial charge in [0.05, 0.1) is 13.2 Å². The second-order valence-electron chi connectivity index (χ2n) is 11.0. The Bertz CT molecular complexity index is 1590. The van der Waals surface area contributed by atoms with E-state index in [1.807, 2.05) is 24.3 Å². The third-order valence-electron chi connectivity index (χ3n) is 7.94. The van der Waals surface area contributed by atoms with Gasteiger partial charge in [0, 0.05) is 24.6 Å². The molecule has 0 saturated carbocycles. The van der Waals surface area contributed by atoms with Crippen LogP contribution in [0, 0.1) is 0 Å². The van der Waals surface area contributed by atoms with Crippen molar-refractivity contribution in [2.24, 2.45) is 0 Å². The Morgan fingerprint density at radius 3 is 2.32 bits per heavy atom. The highest BCUT2D eigenvalue weighted by Gasteiger charge is 2.53. The molecule has 5 rings (SSSR count). The van der Waals surface area contributed by atoms with Crippen LogP contribution in [-0.4, -0.2) is 60.5 Å². The smallest absolute Gasteiger partial charge is 0.315 e. The SMILES string of the molecule is COc1cccc(OS(=O)(=O)C2CC3OC2C(c2ccc(NC(O)CCCCCCC(=O)O)cc2)=C3c2ccc(O)cc2)c1. The molecule has 4 N–H and O–H groups in total. The number of benzene rings is 3. The number of aliphatic hydroxyl groups excluding tert-OH is 1. The average molecular weight is 624 g/mol. The summed E-state index contributed by atoms with van der Waals surface area (Å²) in [4.78, 5) is 10.6. The Hall–Kier alpha value is -4.06. The number of hydrogen-bond acceptors (Lipinski definition) is 9. The zero-order chi connectivity index (χ0) is 31.3. The van der Waals surface area contributed by atoms with Crippen molar-refractivity contribution >= 4 is 32.9 Å². The van der Waals surface area contributed by atoms with E-state index >= 15 is 0 Å². The number of fused-ring (bicyclic) bond motifs is 2. The number of nitrogens with one attached hydrogen (secondary N) is 1. The molecule has 4 unspecified atom stereocenters. The summed E-state index contributed by atoms with van der Waals surface area (Å²) in [7, 11) is -2.60. The zero-order valence-corrected chi connectivity index (χ0v) is 25.2. The van der Waals surface area contributed by atoms with Gasteiger partial charge >= 0.3 is 16.1 Å². The molecule has 4 atom stereocenters. The van der Waals surface area contributed by atoms with Gasteiger partial charge in [-0.05, 0) is 77.9 Å². The van der Waals surface area contributed by atoms with E-state index in [2.05, 4.69) is 5.32 Å². The van der Waals surface area contributed by atoms with Crippen LogP contribution in [0.2, 0.25) is 0 Å². The molecule has 44 heavy (non-hydrogen) atoms. The number of anilines is 1. The molecule has 2 bridgehead atoms. The maximum atomic E-state index is 13.5. The first-order chi connectivity index (χ1) is 21.1. The van der Waals surface area contributed by atoms with Crippen molar-refractivity contribution in [3.63, 3.8) is 0 Å². The van der Waals surface area contributed by atoms with Crippen molar-refractivity contribution in [3.8, 4) is 17.2 Å². The van der Waals surface area contributed by atoms with Crippen molar-refractivity contribution in [3.05, 3.63) is 83.9 Å². The zero-order valence-electron chi connectivity index (χ0n) is 24.4. The van der Waals surface area contributed by atoms with E-state index in [0.717, 1.165) is 41.5 Å². The molecule has 1 saturated heterocycles. The van der Waals surface area contributed by atoms with Gasteiger partial charge in [-0.25, -0.2) is 0 Å². The number of methoxy groups -OCH3 is 1. The van der Waals surface area contributed by atoms with Crippen LogP contribution in [0.4, 0.5) is 5.69 Å². The van der Waals surface area contributed by atoms with Gasteiger partial charge in [0.15, 0.2) is 0 Å². The number of hydrogen-bond donors (Lipinski definition) is 4. The normalized spacial score (nSPS) is 20.0. The molecule has 2 aliphatic heterocycles. The highest BCUT2D eigenvalue weighted by Crippen LogP contribution is 2.51. The van der Waals surface area contributed by atoms with Gasteiger partial charge in [-0.2, -0.15) is 8.42 Å². The van der Waals surface area contributed by atoms with Gasteiger partial charge < -0.3 is 34.3 Å². The molecule has 10 nitrogen and oxygen atoms in total. The van der Waals surface area contributed by atoms with E-state index in [4.69, 9.17) is 18.8 Å². The number of carboxylic acid groups (broad SMARTS) is 1. The Morgan fingerprint density at radius 1 is 0.955 bits per heavy atom. The quantitative estimate of drug-likeness (QED) is 0.0982. The van der Waals surface area contributed by atoms with Crippen molar-refractivity contribution in [2.45, 2.75) is 68.6 Å². The Morgan fingerprint density at radius 2 is 1.61 bits per heavy atom. The van der Waals surface area contributed by atoms with Gasteiger partial charge in [-0.1, -0.05) is 43.2 Å². The summed E-state index contributed by atoms with van der Waals surface area (Å²) in [5.41, 5.74) is 3.92. The molecule has 3 aromatic rings. The van der Waals surface area contributed by atoms with Gasteiger partial charge in [0.25, 0.3) is 0 Å². The van der Waals surface area contributed by atoms with Crippen molar-refractivity contribution in [1.29, 1.82) is 0 Å². The van der Waals surface area contributed by atoms with Gasteiger partial charge in [0.2, 0.25) is 0 Å². The van der Waals surface area contributed by atoms with Gasteiger partial charge in [-0.15, -0.1) is 0 Å². The van der Waals surface area contributed by atoms with Crippen LogP contribution in [0.1, 0.15) is 56.1 Å². The van der Waals surface area contributed by atoms with E-state index < -0.39 is 39.8 Å². The molecule has 0 spiro atoms. The fourth-order valence-electron chi connectivity index (χ4n) is 5.82. The second-order valence-corrected chi connectivity index (χ2v) is 12.8. The maximum Gasteiger partial charge on any atom is 0.315 e. The number of ether oxygens (including phenoxy) is 2. The monoisotopic (exact) mass is 623 g/mol. The lowest BCUT2D eigenvalue weighted by Crippen LogP contribution is -2.35. The van der Waals surface area contributed by atoms with E-state index in [0.29, 0.717) is 24.3 Å². The lowest BCUT2D eigenvalue weighted by atomic mass is 9.83. The Kier molecular flexibility index (Phi) is 9.77. The fraction of sp³-hybridized carbons (Fsp3) is 0.364. The number of carboxylic acids is 1. The van der Waals surface area contributed by atoms with E-state index in [1.165, 1.54) is 13.2 Å². The van der Waals surface area contributed by atoms with Crippen molar-refractivity contribution < 1.29 is 42.2 Å². The van der Waals surface area contributed by atoms with Crippen molar-refractivity contribution in [1.82, 2.24) is 0 Å². The standard InChI is InChI=1S/C33H37NO9S/c1-41-25-7-6-8-26(19-25)43-44(39,40)28-20-27-31(21-13-17-24(35)18-14-21)32(33(28)42-27)22-11-15-23(16-12-22)34-29(36)9-4-2-3-5-10-30(37)38/h6-8,11-19,27-29,33-36H,2-5,9-10,20H2,1H3,(H,37,38). The summed E-state index contributed by atoms with van der Waals surface area (Å²) in [5.74, 6) is -0.0320. The topological polar surface area (TPSA) is 152 Å². The Balaban J connectivity index is 1.34. The molecule has 0 amide bonds. The number of carbonyl (C=O) groups is 1. The van der Waals surface area contributed by atoms with Crippen LogP contribution < -0.4 is 14.2 Å². The summed E-state index contributed by atoms with van der Waals surface area (Å²) < 4.78 is 44.1. The van der Waals surface area contributed by atoms with Gasteiger partial charge in [-0.3, -0.25) is 4.79 Å². The predicted octanol–water partition coefficient (Wildman–Crippen LogP) is 5.42. The maximum absolute atomic E-state index is 13.5. The lowest BCUT2D eigenvalue weighted by Gasteiger charge is -2.25. The highest BCUT2D eigenvalue weighted by molar-refractivity contribution is 7.87. The van der Waals surface area contributed by atoms with E-state index in [-0.39, 0.29) is 24.3 Å². The number of aliphatic carboxylic acids is 1. The number of rotatable bonds is 15. The molecule has 2 heterocycles. The first kappa shape index (κ1) is 31.4. The molecular weight excluding hydrogens is 586 g/mol. The molecule has 11 heteroatoms. The summed E-state index contributed by atoms with van der Waals surface area (Å²) in [6.07, 6.45) is 1.92. The molecule has 0 aliphatic carbocycles. The van der Waals surface area contributed by atoms with Crippen LogP contribution in [-0.2, 0) is 19.6 Å². The predicted molar refractivity (Wildman–Crippen MR) is 166 cm³/mol. The number of unbranched alkanes of at least 4 members (excludes halogenated alkanes) is 3. The van der Waals surface area contributed by atoms with Crippen LogP contribution in [0.15, 0.2) is 72.8 Å². The first-order valence-electron chi connectivity index (χ1n) is 14.7. The number of aromatic hydroxyl groups is 1. The van der Waals surface area contributed by atoms with Crippen LogP contribution in [0.5, 0.6) is 17.2 Å². The molecule has 0 radical (unpaired) electrons. The fourth-order valence-corrected chi connectivity index (χ4v) is 7.23. The van der Waals surface area contributed by atoms with Crippen LogP contribution in [0.3, 0.4) is 0 Å². The lowest BCUT2D eigenvalue weighted by molar-refractivity contribution is -0.137. The van der Waals surface area contributed by atoms with E-state index in [9.17, 15) is 23.4 Å². The minimum Gasteiger partial charge on any atom is -0.508 e. The molecule has 1 fully saturated rings. The van der Waals surface area contributed by atoms with Crippen molar-refractivity contribution in [2.75, 3.05) is 12.4 Å². The molecule has 0 aromatic heterocycles. The summed E-state index contributed by atoms with van der Waals surface area (Å²) in [6, 6.07) is 20.6. The van der Waals surface area contributed by atoms with Crippen LogP contribution >= 0.6 is 0 Å². The van der Waals surface area contributed by atoms with E-state index in [1.54, 1.807) is 42.5 Å². The number of phenolic OH excluding ortho intramolecular Hbond substituents is 1. The van der Waals surface area contributed by atoms with Gasteiger partial charge in [0.1, 0.15) is 34.8 Å². The Labute approximate surface area is 257 Å². The van der Waals surface area contributed by atoms with Crippen LogP contribution in [0.25, 0.3) is 11.1 Å². The number of phenols is 1. The minimum absolute atomic E-state index is 0.126. The number of aliphatic hydroxyl groups is 1. The molecule has 2 aliphatic rings.